The lowest BCUT2D eigenvalue weighted by Gasteiger charge is -2.40. The van der Waals surface area contributed by atoms with E-state index >= 15 is 0 Å². The standard InChI is InChI=1S/C50H95NO8/c1-3-5-7-9-11-13-15-17-18-19-20-21-22-23-24-25-26-28-29-31-33-35-37-39-44(53)43(42-58-50-49(57)48(56)47(55)45(41-52)59-50)51-46(54)40-38-36-34-32-30-27-16-14-12-10-8-6-4-2/h27,30,34,36,43-45,47-50,52-53,55-57H,3-26,28-29,31-33,35,37-42H2,1-2H3,(H,51,54)/b30-27-,36-34-. The van der Waals surface area contributed by atoms with Crippen LogP contribution in [0.4, 0.5) is 0 Å². The topological polar surface area (TPSA) is 149 Å². The molecule has 1 fully saturated rings. The molecular weight excluding hydrogens is 743 g/mol. The molecule has 1 aliphatic rings. The molecular formula is C50H95NO8. The fraction of sp³-hybridized carbons (Fsp3) is 0.900. The van der Waals surface area contributed by atoms with E-state index in [2.05, 4.69) is 37.4 Å². The minimum Gasteiger partial charge on any atom is -0.394 e. The number of allylic oxidation sites excluding steroid dienone is 4. The maximum atomic E-state index is 12.9. The number of rotatable bonds is 42. The molecule has 59 heavy (non-hydrogen) atoms. The number of amides is 1. The Morgan fingerprint density at radius 2 is 1.00 bits per heavy atom. The normalized spacial score (nSPS) is 20.8. The SMILES string of the molecule is CCCCCCCC/C=C\C/C=C\CCC(=O)NC(COC1OC(CO)C(O)C(O)C1O)C(O)CCCCCCCCCCCCCCCCCCCCCCCCC. The van der Waals surface area contributed by atoms with E-state index in [0.717, 1.165) is 32.1 Å². The second-order valence-corrected chi connectivity index (χ2v) is 17.6. The van der Waals surface area contributed by atoms with E-state index < -0.39 is 49.5 Å². The summed E-state index contributed by atoms with van der Waals surface area (Å²) >= 11 is 0. The van der Waals surface area contributed by atoms with Gasteiger partial charge < -0.3 is 40.3 Å². The highest BCUT2D eigenvalue weighted by Gasteiger charge is 2.44. The maximum absolute atomic E-state index is 12.9. The Labute approximate surface area is 362 Å². The number of carbonyl (C=O) groups excluding carboxylic acids is 1. The van der Waals surface area contributed by atoms with Gasteiger partial charge >= 0.3 is 0 Å². The smallest absolute Gasteiger partial charge is 0.220 e. The van der Waals surface area contributed by atoms with E-state index in [1.54, 1.807) is 0 Å². The summed E-state index contributed by atoms with van der Waals surface area (Å²) in [4.78, 5) is 12.9. The molecule has 0 bridgehead atoms. The fourth-order valence-corrected chi connectivity index (χ4v) is 8.04. The summed E-state index contributed by atoms with van der Waals surface area (Å²) in [6.07, 6.45) is 42.1. The summed E-state index contributed by atoms with van der Waals surface area (Å²) in [5.74, 6) is -0.209. The van der Waals surface area contributed by atoms with Crippen LogP contribution in [0.1, 0.15) is 232 Å². The van der Waals surface area contributed by atoms with E-state index in [4.69, 9.17) is 9.47 Å². The van der Waals surface area contributed by atoms with Crippen molar-refractivity contribution in [1.29, 1.82) is 0 Å². The zero-order chi connectivity index (χ0) is 43.0. The fourth-order valence-electron chi connectivity index (χ4n) is 8.04. The number of carbonyl (C=O) groups is 1. The van der Waals surface area contributed by atoms with Crippen LogP contribution in [-0.4, -0.2) is 87.5 Å². The number of hydrogen-bond donors (Lipinski definition) is 6. The Bertz CT molecular complexity index is 977. The molecule has 7 atom stereocenters. The minimum absolute atomic E-state index is 0.159. The van der Waals surface area contributed by atoms with Gasteiger partial charge in [0.1, 0.15) is 24.4 Å². The number of aliphatic hydroxyl groups excluding tert-OH is 5. The molecule has 0 aliphatic carbocycles. The predicted molar refractivity (Wildman–Crippen MR) is 244 cm³/mol. The van der Waals surface area contributed by atoms with Gasteiger partial charge in [-0.25, -0.2) is 0 Å². The van der Waals surface area contributed by atoms with Crippen LogP contribution in [0.5, 0.6) is 0 Å². The van der Waals surface area contributed by atoms with E-state index in [9.17, 15) is 30.3 Å². The lowest BCUT2D eigenvalue weighted by Crippen LogP contribution is -2.60. The highest BCUT2D eigenvalue weighted by Crippen LogP contribution is 2.23. The van der Waals surface area contributed by atoms with Gasteiger partial charge in [0.15, 0.2) is 6.29 Å². The third-order valence-corrected chi connectivity index (χ3v) is 12.1. The number of ether oxygens (including phenoxy) is 2. The third kappa shape index (κ3) is 31.2. The summed E-state index contributed by atoms with van der Waals surface area (Å²) in [6, 6.07) is -0.747. The molecule has 1 amide bonds. The van der Waals surface area contributed by atoms with Crippen LogP contribution in [-0.2, 0) is 14.3 Å². The number of unbranched alkanes of at least 4 members (excludes halogenated alkanes) is 28. The van der Waals surface area contributed by atoms with Crippen LogP contribution < -0.4 is 5.32 Å². The first kappa shape index (κ1) is 55.7. The maximum Gasteiger partial charge on any atom is 0.220 e. The molecule has 0 aromatic heterocycles. The van der Waals surface area contributed by atoms with Crippen molar-refractivity contribution in [2.75, 3.05) is 13.2 Å². The van der Waals surface area contributed by atoms with Crippen molar-refractivity contribution in [1.82, 2.24) is 5.32 Å². The molecule has 0 aromatic carbocycles. The lowest BCUT2D eigenvalue weighted by atomic mass is 9.99. The van der Waals surface area contributed by atoms with E-state index in [0.29, 0.717) is 12.8 Å². The van der Waals surface area contributed by atoms with Crippen LogP contribution in [0.15, 0.2) is 24.3 Å². The van der Waals surface area contributed by atoms with Gasteiger partial charge in [0, 0.05) is 6.42 Å². The first-order valence-corrected chi connectivity index (χ1v) is 25.0. The molecule has 0 saturated carbocycles. The Morgan fingerprint density at radius 1 is 0.576 bits per heavy atom. The molecule has 7 unspecified atom stereocenters. The summed E-state index contributed by atoms with van der Waals surface area (Å²) in [5, 5.41) is 54.4. The van der Waals surface area contributed by atoms with Crippen LogP contribution in [0.25, 0.3) is 0 Å². The molecule has 1 rings (SSSR count). The van der Waals surface area contributed by atoms with Crippen molar-refractivity contribution < 1.29 is 39.8 Å². The van der Waals surface area contributed by atoms with Crippen molar-refractivity contribution in [2.24, 2.45) is 0 Å². The van der Waals surface area contributed by atoms with E-state index in [1.807, 2.05) is 6.08 Å². The molecule has 0 aromatic rings. The molecule has 6 N–H and O–H groups in total. The van der Waals surface area contributed by atoms with Gasteiger partial charge in [0.05, 0.1) is 25.4 Å². The molecule has 9 heteroatoms. The molecule has 1 aliphatic heterocycles. The van der Waals surface area contributed by atoms with Gasteiger partial charge in [-0.05, 0) is 32.1 Å². The van der Waals surface area contributed by atoms with E-state index in [-0.39, 0.29) is 18.9 Å². The minimum atomic E-state index is -1.56. The second-order valence-electron chi connectivity index (χ2n) is 17.6. The second kappa shape index (κ2) is 40.7. The summed E-state index contributed by atoms with van der Waals surface area (Å²) < 4.78 is 11.2. The number of aliphatic hydroxyl groups is 5. The predicted octanol–water partition coefficient (Wildman–Crippen LogP) is 11.1. The van der Waals surface area contributed by atoms with Crippen molar-refractivity contribution in [2.45, 2.75) is 275 Å². The molecule has 1 heterocycles. The zero-order valence-corrected chi connectivity index (χ0v) is 38.3. The van der Waals surface area contributed by atoms with Crippen LogP contribution in [0.2, 0.25) is 0 Å². The highest BCUT2D eigenvalue weighted by molar-refractivity contribution is 5.76. The van der Waals surface area contributed by atoms with Gasteiger partial charge in [-0.1, -0.05) is 218 Å². The molecule has 0 radical (unpaired) electrons. The van der Waals surface area contributed by atoms with Crippen LogP contribution >= 0.6 is 0 Å². The van der Waals surface area contributed by atoms with Crippen molar-refractivity contribution >= 4 is 5.91 Å². The first-order valence-electron chi connectivity index (χ1n) is 25.0. The van der Waals surface area contributed by atoms with Crippen molar-refractivity contribution in [3.63, 3.8) is 0 Å². The molecule has 0 spiro atoms. The van der Waals surface area contributed by atoms with Gasteiger partial charge in [-0.15, -0.1) is 0 Å². The first-order chi connectivity index (χ1) is 28.8. The lowest BCUT2D eigenvalue weighted by molar-refractivity contribution is -0.302. The average Bonchev–Trinajstić information content (AvgIpc) is 3.23. The summed E-state index contributed by atoms with van der Waals surface area (Å²) in [6.45, 7) is 3.80. The largest absolute Gasteiger partial charge is 0.394 e. The Hall–Kier alpha value is -1.33. The summed E-state index contributed by atoms with van der Waals surface area (Å²) in [7, 11) is 0. The van der Waals surface area contributed by atoms with Gasteiger partial charge in [-0.3, -0.25) is 4.79 Å². The van der Waals surface area contributed by atoms with Gasteiger partial charge in [0.25, 0.3) is 0 Å². The van der Waals surface area contributed by atoms with Crippen molar-refractivity contribution in [3.05, 3.63) is 24.3 Å². The van der Waals surface area contributed by atoms with Crippen molar-refractivity contribution in [3.8, 4) is 0 Å². The average molecular weight is 838 g/mol. The van der Waals surface area contributed by atoms with Gasteiger partial charge in [-0.2, -0.15) is 0 Å². The molecule has 9 nitrogen and oxygen atoms in total. The highest BCUT2D eigenvalue weighted by atomic mass is 16.7. The number of hydrogen-bond acceptors (Lipinski definition) is 8. The van der Waals surface area contributed by atoms with E-state index in [1.165, 1.54) is 167 Å². The Morgan fingerprint density at radius 3 is 1.46 bits per heavy atom. The Balaban J connectivity index is 2.27. The van der Waals surface area contributed by atoms with Gasteiger partial charge in [0.2, 0.25) is 5.91 Å². The molecule has 1 saturated heterocycles. The summed E-state index contributed by atoms with van der Waals surface area (Å²) in [5.41, 5.74) is 0. The zero-order valence-electron chi connectivity index (χ0n) is 38.3. The third-order valence-electron chi connectivity index (χ3n) is 12.1. The number of nitrogens with one attached hydrogen (secondary N) is 1. The Kier molecular flexibility index (Phi) is 38.4. The quantitative estimate of drug-likeness (QED) is 0.0263. The monoisotopic (exact) mass is 838 g/mol. The molecule has 348 valence electrons. The van der Waals surface area contributed by atoms with Crippen LogP contribution in [0.3, 0.4) is 0 Å². The van der Waals surface area contributed by atoms with Crippen LogP contribution in [0, 0.1) is 0 Å².